The molecule has 5 aromatic carbocycles. The Labute approximate surface area is 186 Å². The highest BCUT2D eigenvalue weighted by Gasteiger charge is 2.37. The van der Waals surface area contributed by atoms with Crippen molar-refractivity contribution in [2.75, 3.05) is 0 Å². The van der Waals surface area contributed by atoms with E-state index in [4.69, 9.17) is 0 Å². The van der Waals surface area contributed by atoms with Crippen LogP contribution in [0.4, 0.5) is 0 Å². The Balaban J connectivity index is 1.67. The fourth-order valence-electron chi connectivity index (χ4n) is 3.90. The molecule has 0 aromatic heterocycles. The van der Waals surface area contributed by atoms with Crippen LogP contribution in [0, 0.1) is 11.8 Å². The van der Waals surface area contributed by atoms with Crippen molar-refractivity contribution in [1.29, 1.82) is 0 Å². The molecule has 0 aliphatic rings. The standard InChI is InChI=1S/C30H20O2/c31-29(27-15-14-23-10-4-6-12-25(23)20-27)30(32,19-18-22-8-2-1-3-9-22)28-17-16-24-11-5-7-13-26(24)21-28/h1-17,20-21,32H/t30-/m1/s1. The molecule has 0 fully saturated rings. The molecule has 0 aliphatic heterocycles. The number of hydrogen-bond acceptors (Lipinski definition) is 2. The van der Waals surface area contributed by atoms with Crippen LogP contribution in [0.2, 0.25) is 0 Å². The lowest BCUT2D eigenvalue weighted by molar-refractivity contribution is 0.0554. The summed E-state index contributed by atoms with van der Waals surface area (Å²) in [5.74, 6) is 5.45. The van der Waals surface area contributed by atoms with Crippen molar-refractivity contribution < 1.29 is 9.90 Å². The summed E-state index contributed by atoms with van der Waals surface area (Å²) in [5, 5.41) is 15.7. The lowest BCUT2D eigenvalue weighted by Crippen LogP contribution is -2.34. The van der Waals surface area contributed by atoms with Gasteiger partial charge in [-0.2, -0.15) is 0 Å². The van der Waals surface area contributed by atoms with Crippen LogP contribution >= 0.6 is 0 Å². The topological polar surface area (TPSA) is 37.3 Å². The molecule has 0 spiro atoms. The quantitative estimate of drug-likeness (QED) is 0.287. The highest BCUT2D eigenvalue weighted by Crippen LogP contribution is 2.30. The molecule has 5 rings (SSSR count). The Bertz CT molecular complexity index is 1510. The summed E-state index contributed by atoms with van der Waals surface area (Å²) >= 11 is 0. The van der Waals surface area contributed by atoms with Crippen LogP contribution in [0.3, 0.4) is 0 Å². The van der Waals surface area contributed by atoms with E-state index in [1.54, 1.807) is 12.1 Å². The van der Waals surface area contributed by atoms with Gasteiger partial charge in [-0.3, -0.25) is 4.79 Å². The minimum Gasteiger partial charge on any atom is -0.367 e. The van der Waals surface area contributed by atoms with Gasteiger partial charge in [-0.25, -0.2) is 0 Å². The molecule has 0 saturated heterocycles. The summed E-state index contributed by atoms with van der Waals surface area (Å²) in [6.07, 6.45) is 0. The maximum atomic E-state index is 13.7. The largest absolute Gasteiger partial charge is 0.367 e. The lowest BCUT2D eigenvalue weighted by atomic mass is 9.84. The Kier molecular flexibility index (Phi) is 5.03. The molecule has 2 nitrogen and oxygen atoms in total. The van der Waals surface area contributed by atoms with Gasteiger partial charge in [0.05, 0.1) is 0 Å². The maximum absolute atomic E-state index is 13.7. The minimum absolute atomic E-state index is 0.418. The Morgan fingerprint density at radius 3 is 1.88 bits per heavy atom. The van der Waals surface area contributed by atoms with Gasteiger partial charge in [0, 0.05) is 16.7 Å². The fraction of sp³-hybridized carbons (Fsp3) is 0.0333. The van der Waals surface area contributed by atoms with Crippen molar-refractivity contribution in [1.82, 2.24) is 0 Å². The maximum Gasteiger partial charge on any atom is 0.215 e. The van der Waals surface area contributed by atoms with Crippen LogP contribution in [0.25, 0.3) is 21.5 Å². The zero-order valence-electron chi connectivity index (χ0n) is 17.3. The van der Waals surface area contributed by atoms with Gasteiger partial charge in [-0.1, -0.05) is 96.9 Å². The van der Waals surface area contributed by atoms with E-state index in [9.17, 15) is 9.90 Å². The van der Waals surface area contributed by atoms with Crippen molar-refractivity contribution in [2.45, 2.75) is 5.60 Å². The third-order valence-corrected chi connectivity index (χ3v) is 5.67. The van der Waals surface area contributed by atoms with E-state index < -0.39 is 11.4 Å². The van der Waals surface area contributed by atoms with Crippen LogP contribution in [0.5, 0.6) is 0 Å². The van der Waals surface area contributed by atoms with Crippen LogP contribution in [-0.4, -0.2) is 10.9 Å². The highest BCUT2D eigenvalue weighted by atomic mass is 16.3. The molecular formula is C30H20O2. The molecule has 32 heavy (non-hydrogen) atoms. The van der Waals surface area contributed by atoms with Crippen molar-refractivity contribution in [3.05, 3.63) is 132 Å². The predicted octanol–water partition coefficient (Wildman–Crippen LogP) is 6.12. The summed E-state index contributed by atoms with van der Waals surface area (Å²) in [6.45, 7) is 0. The second-order valence-corrected chi connectivity index (χ2v) is 7.78. The number of rotatable bonds is 3. The first kappa shape index (κ1) is 19.8. The minimum atomic E-state index is -1.98. The van der Waals surface area contributed by atoms with Gasteiger partial charge in [-0.15, -0.1) is 0 Å². The second-order valence-electron chi connectivity index (χ2n) is 7.78. The SMILES string of the molecule is O=C(c1ccc2ccccc2c1)[C@@](O)(C#Cc1ccccc1)c1ccc2ccccc2c1. The van der Waals surface area contributed by atoms with Crippen LogP contribution in [0.15, 0.2) is 115 Å². The molecule has 152 valence electrons. The summed E-state index contributed by atoms with van der Waals surface area (Å²) in [6, 6.07) is 36.1. The van der Waals surface area contributed by atoms with Crippen molar-refractivity contribution >= 4 is 27.3 Å². The Morgan fingerprint density at radius 2 is 1.19 bits per heavy atom. The number of aliphatic hydroxyl groups is 1. The van der Waals surface area contributed by atoms with Gasteiger partial charge in [0.2, 0.25) is 11.4 Å². The van der Waals surface area contributed by atoms with Crippen molar-refractivity contribution in [3.8, 4) is 11.8 Å². The van der Waals surface area contributed by atoms with Gasteiger partial charge in [0.15, 0.2) is 0 Å². The number of Topliss-reactive ketones (excluding diaryl/α,β-unsaturated/α-hetero) is 1. The zero-order valence-corrected chi connectivity index (χ0v) is 17.3. The van der Waals surface area contributed by atoms with E-state index in [0.717, 1.165) is 27.1 Å². The highest BCUT2D eigenvalue weighted by molar-refractivity contribution is 6.07. The molecule has 1 atom stereocenters. The van der Waals surface area contributed by atoms with Crippen molar-refractivity contribution in [3.63, 3.8) is 0 Å². The third kappa shape index (κ3) is 3.67. The number of carbonyl (C=O) groups excluding carboxylic acids is 1. The van der Waals surface area contributed by atoms with Gasteiger partial charge in [0.25, 0.3) is 0 Å². The van der Waals surface area contributed by atoms with Gasteiger partial charge in [0.1, 0.15) is 0 Å². The lowest BCUT2D eigenvalue weighted by Gasteiger charge is -2.22. The molecule has 5 aromatic rings. The summed E-state index contributed by atoms with van der Waals surface area (Å²) < 4.78 is 0. The van der Waals surface area contributed by atoms with E-state index in [2.05, 4.69) is 11.8 Å². The second kappa shape index (κ2) is 8.15. The van der Waals surface area contributed by atoms with E-state index in [0.29, 0.717) is 11.1 Å². The summed E-state index contributed by atoms with van der Waals surface area (Å²) in [4.78, 5) is 13.7. The van der Waals surface area contributed by atoms with E-state index in [1.165, 1.54) is 0 Å². The molecule has 0 aliphatic carbocycles. The molecule has 0 amide bonds. The number of hydrogen-bond donors (Lipinski definition) is 1. The average molecular weight is 412 g/mol. The molecule has 0 bridgehead atoms. The Hall–Kier alpha value is -4.19. The number of ketones is 1. The molecule has 0 saturated carbocycles. The van der Waals surface area contributed by atoms with Gasteiger partial charge < -0.3 is 5.11 Å². The number of benzene rings is 5. The van der Waals surface area contributed by atoms with Crippen molar-refractivity contribution in [2.24, 2.45) is 0 Å². The average Bonchev–Trinajstić information content (AvgIpc) is 2.87. The number of fused-ring (bicyclic) bond motifs is 2. The third-order valence-electron chi connectivity index (χ3n) is 5.67. The van der Waals surface area contributed by atoms with E-state index in [-0.39, 0.29) is 0 Å². The first-order chi connectivity index (χ1) is 15.6. The molecule has 0 radical (unpaired) electrons. The van der Waals surface area contributed by atoms with Crippen LogP contribution in [0.1, 0.15) is 21.5 Å². The molecule has 0 unspecified atom stereocenters. The molecular weight excluding hydrogens is 392 g/mol. The molecule has 0 heterocycles. The first-order valence-electron chi connectivity index (χ1n) is 10.5. The molecule has 2 heteroatoms. The predicted molar refractivity (Wildman–Crippen MR) is 129 cm³/mol. The normalized spacial score (nSPS) is 12.7. The van der Waals surface area contributed by atoms with Crippen LogP contribution < -0.4 is 0 Å². The summed E-state index contributed by atoms with van der Waals surface area (Å²) in [5.41, 5.74) is -0.375. The Morgan fingerprint density at radius 1 is 0.625 bits per heavy atom. The zero-order chi connectivity index (χ0) is 22.0. The van der Waals surface area contributed by atoms with E-state index >= 15 is 0 Å². The smallest absolute Gasteiger partial charge is 0.215 e. The first-order valence-corrected chi connectivity index (χ1v) is 10.5. The molecule has 1 N–H and O–H groups in total. The van der Waals surface area contributed by atoms with Gasteiger partial charge in [-0.05, 0) is 51.7 Å². The number of carbonyl (C=O) groups is 1. The van der Waals surface area contributed by atoms with Gasteiger partial charge >= 0.3 is 0 Å². The fourth-order valence-corrected chi connectivity index (χ4v) is 3.90. The van der Waals surface area contributed by atoms with Crippen LogP contribution in [-0.2, 0) is 5.60 Å². The monoisotopic (exact) mass is 412 g/mol. The summed E-state index contributed by atoms with van der Waals surface area (Å²) in [7, 11) is 0. The van der Waals surface area contributed by atoms with E-state index in [1.807, 2.05) is 103 Å².